The van der Waals surface area contributed by atoms with Gasteiger partial charge in [-0.3, -0.25) is 9.89 Å². The minimum absolute atomic E-state index is 0.103. The van der Waals surface area contributed by atoms with Crippen LogP contribution in [0.25, 0.3) is 0 Å². The Morgan fingerprint density at radius 3 is 2.77 bits per heavy atom. The molecule has 26 heavy (non-hydrogen) atoms. The van der Waals surface area contributed by atoms with Gasteiger partial charge in [0.25, 0.3) is 0 Å². The highest BCUT2D eigenvalue weighted by atomic mass is 32.2. The summed E-state index contributed by atoms with van der Waals surface area (Å²) in [7, 11) is -3.64. The Bertz CT molecular complexity index is 862. The van der Waals surface area contributed by atoms with Gasteiger partial charge in [0, 0.05) is 13.1 Å². The Kier molecular flexibility index (Phi) is 5.94. The zero-order valence-corrected chi connectivity index (χ0v) is 16.1. The van der Waals surface area contributed by atoms with E-state index in [1.807, 2.05) is 6.92 Å². The number of rotatable bonds is 6. The second-order valence-corrected chi connectivity index (χ2v) is 8.96. The second-order valence-electron chi connectivity index (χ2n) is 6.09. The average Bonchev–Trinajstić information content (AvgIpc) is 3.16. The number of anilines is 1. The van der Waals surface area contributed by atoms with Crippen LogP contribution >= 0.6 is 11.8 Å². The average molecular weight is 396 g/mol. The molecule has 0 aliphatic carbocycles. The summed E-state index contributed by atoms with van der Waals surface area (Å²) in [6, 6.07) is 5.04. The van der Waals surface area contributed by atoms with E-state index in [9.17, 15) is 13.2 Å². The summed E-state index contributed by atoms with van der Waals surface area (Å²) in [6.45, 7) is 2.87. The van der Waals surface area contributed by atoms with Crippen LogP contribution in [0.1, 0.15) is 24.8 Å². The molecule has 0 unspecified atom stereocenters. The molecule has 1 aliphatic heterocycles. The first-order chi connectivity index (χ1) is 12.5. The first-order valence-corrected chi connectivity index (χ1v) is 10.8. The van der Waals surface area contributed by atoms with Gasteiger partial charge in [0.15, 0.2) is 5.16 Å². The highest BCUT2D eigenvalue weighted by Crippen LogP contribution is 2.28. The fraction of sp³-hybridized carbons (Fsp3) is 0.438. The SMILES string of the molecule is Cc1ccc(NC(=O)CSc2ncn[nH]2)c(S(=O)(=O)N2CCCCC2)c1. The van der Waals surface area contributed by atoms with Crippen molar-refractivity contribution < 1.29 is 13.2 Å². The number of aromatic nitrogens is 3. The Hall–Kier alpha value is -1.91. The van der Waals surface area contributed by atoms with E-state index < -0.39 is 10.0 Å². The Morgan fingerprint density at radius 1 is 1.31 bits per heavy atom. The monoisotopic (exact) mass is 395 g/mol. The van der Waals surface area contributed by atoms with E-state index in [1.165, 1.54) is 22.4 Å². The van der Waals surface area contributed by atoms with Crippen LogP contribution in [-0.4, -0.2) is 52.7 Å². The molecule has 0 saturated carbocycles. The van der Waals surface area contributed by atoms with Crippen molar-refractivity contribution in [1.29, 1.82) is 0 Å². The number of piperidine rings is 1. The molecule has 1 saturated heterocycles. The molecule has 2 N–H and O–H groups in total. The number of H-pyrrole nitrogens is 1. The van der Waals surface area contributed by atoms with Gasteiger partial charge >= 0.3 is 0 Å². The van der Waals surface area contributed by atoms with Crippen LogP contribution in [0.15, 0.2) is 34.6 Å². The summed E-state index contributed by atoms with van der Waals surface area (Å²) in [6.07, 6.45) is 4.13. The van der Waals surface area contributed by atoms with Gasteiger partial charge in [0.1, 0.15) is 11.2 Å². The number of carbonyl (C=O) groups is 1. The molecule has 2 heterocycles. The number of thioether (sulfide) groups is 1. The summed E-state index contributed by atoms with van der Waals surface area (Å²) >= 11 is 1.20. The van der Waals surface area contributed by atoms with Crippen LogP contribution in [-0.2, 0) is 14.8 Å². The number of hydrogen-bond donors (Lipinski definition) is 2. The lowest BCUT2D eigenvalue weighted by atomic mass is 10.2. The summed E-state index contributed by atoms with van der Waals surface area (Å²) in [5, 5.41) is 9.63. The number of hydrogen-bond acceptors (Lipinski definition) is 6. The van der Waals surface area contributed by atoms with Crippen molar-refractivity contribution in [3.63, 3.8) is 0 Å². The van der Waals surface area contributed by atoms with Gasteiger partial charge in [-0.15, -0.1) is 0 Å². The second kappa shape index (κ2) is 8.19. The van der Waals surface area contributed by atoms with Crippen molar-refractivity contribution in [3.05, 3.63) is 30.1 Å². The third kappa shape index (κ3) is 4.43. The number of benzene rings is 1. The summed E-state index contributed by atoms with van der Waals surface area (Å²) in [4.78, 5) is 16.3. The molecule has 3 rings (SSSR count). The van der Waals surface area contributed by atoms with Crippen molar-refractivity contribution in [3.8, 4) is 0 Å². The predicted octanol–water partition coefficient (Wildman–Crippen LogP) is 2.02. The summed E-state index contributed by atoms with van der Waals surface area (Å²) < 4.78 is 27.6. The van der Waals surface area contributed by atoms with Crippen LogP contribution in [0, 0.1) is 6.92 Å². The van der Waals surface area contributed by atoms with Crippen LogP contribution < -0.4 is 5.32 Å². The van der Waals surface area contributed by atoms with E-state index in [4.69, 9.17) is 0 Å². The van der Waals surface area contributed by atoms with Gasteiger partial charge in [-0.05, 0) is 37.5 Å². The number of amides is 1. The molecular weight excluding hydrogens is 374 g/mol. The minimum Gasteiger partial charge on any atom is -0.324 e. The van der Waals surface area contributed by atoms with Crippen LogP contribution in [0.4, 0.5) is 5.69 Å². The lowest BCUT2D eigenvalue weighted by Gasteiger charge is -2.27. The van der Waals surface area contributed by atoms with E-state index in [-0.39, 0.29) is 16.6 Å². The topological polar surface area (TPSA) is 108 Å². The van der Waals surface area contributed by atoms with Gasteiger partial charge < -0.3 is 5.32 Å². The summed E-state index contributed by atoms with van der Waals surface area (Å²) in [5.74, 6) is -0.197. The molecule has 0 radical (unpaired) electrons. The quantitative estimate of drug-likeness (QED) is 0.725. The van der Waals surface area contributed by atoms with Gasteiger partial charge in [0.05, 0.1) is 11.4 Å². The third-order valence-corrected chi connectivity index (χ3v) is 6.89. The van der Waals surface area contributed by atoms with Gasteiger partial charge in [-0.2, -0.15) is 9.40 Å². The van der Waals surface area contributed by atoms with Crippen molar-refractivity contribution >= 4 is 33.4 Å². The zero-order valence-electron chi connectivity index (χ0n) is 14.4. The maximum atomic E-state index is 13.0. The van der Waals surface area contributed by atoms with Crippen molar-refractivity contribution in [1.82, 2.24) is 19.5 Å². The van der Waals surface area contributed by atoms with E-state index in [2.05, 4.69) is 20.5 Å². The fourth-order valence-electron chi connectivity index (χ4n) is 2.77. The molecule has 0 atom stereocenters. The van der Waals surface area contributed by atoms with E-state index >= 15 is 0 Å². The third-order valence-electron chi connectivity index (χ3n) is 4.08. The Labute approximate surface area is 156 Å². The van der Waals surface area contributed by atoms with Crippen LogP contribution in [0.2, 0.25) is 0 Å². The van der Waals surface area contributed by atoms with Gasteiger partial charge in [-0.25, -0.2) is 13.4 Å². The van der Waals surface area contributed by atoms with Crippen molar-refractivity contribution in [2.75, 3.05) is 24.2 Å². The Balaban J connectivity index is 1.78. The van der Waals surface area contributed by atoms with Gasteiger partial charge in [-0.1, -0.05) is 24.2 Å². The highest BCUT2D eigenvalue weighted by Gasteiger charge is 2.28. The molecule has 8 nitrogen and oxygen atoms in total. The van der Waals surface area contributed by atoms with Crippen LogP contribution in [0.5, 0.6) is 0 Å². The maximum absolute atomic E-state index is 13.0. The van der Waals surface area contributed by atoms with Crippen molar-refractivity contribution in [2.45, 2.75) is 36.2 Å². The maximum Gasteiger partial charge on any atom is 0.245 e. The number of nitrogens with zero attached hydrogens (tertiary/aromatic N) is 3. The molecule has 1 fully saturated rings. The minimum atomic E-state index is -3.64. The smallest absolute Gasteiger partial charge is 0.245 e. The molecule has 140 valence electrons. The zero-order chi connectivity index (χ0) is 18.6. The fourth-order valence-corrected chi connectivity index (χ4v) is 5.10. The standard InChI is InChI=1S/C16H21N5O3S2/c1-12-5-6-13(19-15(22)10-25-16-17-11-18-20-16)14(9-12)26(23,24)21-7-3-2-4-8-21/h5-6,9,11H,2-4,7-8,10H2,1H3,(H,19,22)(H,17,18,20). The number of aromatic amines is 1. The van der Waals surface area contributed by atoms with E-state index in [0.717, 1.165) is 24.8 Å². The number of aryl methyl sites for hydroxylation is 1. The molecule has 1 aromatic carbocycles. The number of sulfonamides is 1. The van der Waals surface area contributed by atoms with E-state index in [0.29, 0.717) is 23.9 Å². The number of carbonyl (C=O) groups excluding carboxylic acids is 1. The lowest BCUT2D eigenvalue weighted by Crippen LogP contribution is -2.36. The molecule has 0 bridgehead atoms. The molecule has 10 heteroatoms. The normalized spacial score (nSPS) is 15.7. The largest absolute Gasteiger partial charge is 0.324 e. The molecule has 1 amide bonds. The summed E-state index contributed by atoms with van der Waals surface area (Å²) in [5.41, 5.74) is 1.14. The van der Waals surface area contributed by atoms with Gasteiger partial charge in [0.2, 0.25) is 15.9 Å². The first-order valence-electron chi connectivity index (χ1n) is 8.35. The molecular formula is C16H21N5O3S2. The highest BCUT2D eigenvalue weighted by molar-refractivity contribution is 7.99. The lowest BCUT2D eigenvalue weighted by molar-refractivity contribution is -0.113. The van der Waals surface area contributed by atoms with Crippen molar-refractivity contribution in [2.24, 2.45) is 0 Å². The molecule has 0 spiro atoms. The van der Waals surface area contributed by atoms with Crippen LogP contribution in [0.3, 0.4) is 0 Å². The van der Waals surface area contributed by atoms with E-state index in [1.54, 1.807) is 18.2 Å². The predicted molar refractivity (Wildman–Crippen MR) is 99.5 cm³/mol. The first kappa shape index (κ1) is 18.9. The molecule has 1 aliphatic rings. The molecule has 1 aromatic heterocycles. The Morgan fingerprint density at radius 2 is 2.08 bits per heavy atom. The molecule has 2 aromatic rings. The number of nitrogens with one attached hydrogen (secondary N) is 2.